The molecule has 6 nitrogen and oxygen atoms in total. The first-order valence-corrected chi connectivity index (χ1v) is 13.1. The van der Waals surface area contributed by atoms with Crippen molar-refractivity contribution in [2.75, 3.05) is 11.9 Å². The van der Waals surface area contributed by atoms with Gasteiger partial charge in [0.05, 0.1) is 0 Å². The largest absolute Gasteiger partial charge is 0.339 e. The van der Waals surface area contributed by atoms with Gasteiger partial charge in [0, 0.05) is 29.4 Å². The molecule has 1 aliphatic carbocycles. The lowest BCUT2D eigenvalue weighted by Gasteiger charge is -2.35. The van der Waals surface area contributed by atoms with Crippen LogP contribution in [-0.2, 0) is 22.9 Å². The minimum Gasteiger partial charge on any atom is -0.339 e. The van der Waals surface area contributed by atoms with Crippen LogP contribution in [-0.4, -0.2) is 37.6 Å². The van der Waals surface area contributed by atoms with Gasteiger partial charge in [-0.15, -0.1) is 4.40 Å². The lowest BCUT2D eigenvalue weighted by Crippen LogP contribution is -2.43. The summed E-state index contributed by atoms with van der Waals surface area (Å²) in [5.74, 6) is 0.326. The zero-order valence-electron chi connectivity index (χ0n) is 19.1. The van der Waals surface area contributed by atoms with Crippen LogP contribution in [0.25, 0.3) is 0 Å². The van der Waals surface area contributed by atoms with Gasteiger partial charge in [0.1, 0.15) is 4.90 Å². The number of fused-ring (bicyclic) bond motifs is 2. The Kier molecular flexibility index (Phi) is 5.96. The van der Waals surface area contributed by atoms with Gasteiger partial charge in [0.15, 0.2) is 5.84 Å². The van der Waals surface area contributed by atoms with Gasteiger partial charge >= 0.3 is 0 Å². The number of rotatable bonds is 5. The molecule has 1 heterocycles. The van der Waals surface area contributed by atoms with E-state index in [0.29, 0.717) is 22.6 Å². The Balaban J connectivity index is 1.33. The van der Waals surface area contributed by atoms with Crippen LogP contribution >= 0.6 is 0 Å². The summed E-state index contributed by atoms with van der Waals surface area (Å²) in [6.07, 6.45) is 3.74. The smallest absolute Gasteiger partial charge is 0.285 e. The highest BCUT2D eigenvalue weighted by Crippen LogP contribution is 2.28. The number of hydrogen-bond acceptors (Lipinski definition) is 4. The number of sulfonamides is 1. The third kappa shape index (κ3) is 4.23. The van der Waals surface area contributed by atoms with Crippen LogP contribution in [0.2, 0.25) is 0 Å². The topological polar surface area (TPSA) is 78.8 Å². The first-order chi connectivity index (χ1) is 16.5. The van der Waals surface area contributed by atoms with E-state index in [1.54, 1.807) is 48.5 Å². The van der Waals surface area contributed by atoms with Gasteiger partial charge < -0.3 is 10.2 Å². The average Bonchev–Trinajstić information content (AvgIpc) is 3.12. The van der Waals surface area contributed by atoms with Crippen LogP contribution in [0.3, 0.4) is 0 Å². The molecule has 7 heteroatoms. The maximum absolute atomic E-state index is 13.5. The molecule has 1 atom stereocenters. The van der Waals surface area contributed by atoms with E-state index in [-0.39, 0.29) is 16.8 Å². The average molecular weight is 474 g/mol. The number of aryl methyl sites for hydroxylation is 1. The quantitative estimate of drug-likeness (QED) is 0.585. The monoisotopic (exact) mass is 473 g/mol. The van der Waals surface area contributed by atoms with Crippen molar-refractivity contribution < 1.29 is 13.2 Å². The lowest BCUT2D eigenvalue weighted by atomic mass is 9.87. The van der Waals surface area contributed by atoms with Crippen molar-refractivity contribution in [2.45, 2.75) is 43.5 Å². The van der Waals surface area contributed by atoms with E-state index in [9.17, 15) is 13.2 Å². The molecule has 0 saturated carbocycles. The SMILES string of the molecule is CCCN(C(=O)c1ccc(NC2=NS(=O)(=O)c3ccccc32)cc1)C1CCc2ccccc2C1. The van der Waals surface area contributed by atoms with Crippen LogP contribution in [0.5, 0.6) is 0 Å². The maximum Gasteiger partial charge on any atom is 0.285 e. The third-order valence-electron chi connectivity index (χ3n) is 6.51. The molecule has 1 amide bonds. The molecule has 3 aromatic rings. The molecule has 0 spiro atoms. The van der Waals surface area contributed by atoms with Crippen molar-refractivity contribution in [3.8, 4) is 0 Å². The molecule has 1 N–H and O–H groups in total. The number of amides is 1. The van der Waals surface area contributed by atoms with Gasteiger partial charge in [-0.3, -0.25) is 4.79 Å². The van der Waals surface area contributed by atoms with Gasteiger partial charge in [-0.25, -0.2) is 0 Å². The Bertz CT molecular complexity index is 1360. The number of nitrogens with one attached hydrogen (secondary N) is 1. The van der Waals surface area contributed by atoms with Crippen molar-refractivity contribution in [2.24, 2.45) is 4.40 Å². The molecule has 0 fully saturated rings. The van der Waals surface area contributed by atoms with E-state index in [1.165, 1.54) is 11.1 Å². The second kappa shape index (κ2) is 9.06. The summed E-state index contributed by atoms with van der Waals surface area (Å²) in [5, 5.41) is 3.09. The molecule has 0 saturated heterocycles. The molecule has 2 aliphatic rings. The molecule has 1 unspecified atom stereocenters. The van der Waals surface area contributed by atoms with Crippen LogP contribution in [0.1, 0.15) is 46.8 Å². The summed E-state index contributed by atoms with van der Waals surface area (Å²) in [5.41, 5.74) is 4.57. The molecule has 0 aromatic heterocycles. The van der Waals surface area contributed by atoms with Gasteiger partial charge in [-0.2, -0.15) is 8.42 Å². The molecule has 0 bridgehead atoms. The number of hydrogen-bond donors (Lipinski definition) is 1. The zero-order chi connectivity index (χ0) is 23.7. The van der Waals surface area contributed by atoms with E-state index in [1.807, 2.05) is 4.90 Å². The fourth-order valence-electron chi connectivity index (χ4n) is 4.83. The highest BCUT2D eigenvalue weighted by atomic mass is 32.2. The predicted molar refractivity (Wildman–Crippen MR) is 134 cm³/mol. The predicted octanol–water partition coefficient (Wildman–Crippen LogP) is 4.66. The Morgan fingerprint density at radius 3 is 2.47 bits per heavy atom. The molecular weight excluding hydrogens is 446 g/mol. The fourth-order valence-corrected chi connectivity index (χ4v) is 6.01. The van der Waals surface area contributed by atoms with Crippen molar-refractivity contribution in [3.05, 3.63) is 95.1 Å². The van der Waals surface area contributed by atoms with Crippen LogP contribution < -0.4 is 5.32 Å². The Hall–Kier alpha value is -3.45. The summed E-state index contributed by atoms with van der Waals surface area (Å²) in [7, 11) is -3.68. The number of carbonyl (C=O) groups excluding carboxylic acids is 1. The third-order valence-corrected chi connectivity index (χ3v) is 7.85. The van der Waals surface area contributed by atoms with E-state index in [2.05, 4.69) is 40.9 Å². The van der Waals surface area contributed by atoms with Crippen molar-refractivity contribution in [1.82, 2.24) is 4.90 Å². The van der Waals surface area contributed by atoms with Gasteiger partial charge in [-0.1, -0.05) is 43.3 Å². The van der Waals surface area contributed by atoms with E-state index in [4.69, 9.17) is 0 Å². The maximum atomic E-state index is 13.5. The first kappa shape index (κ1) is 22.3. The molecule has 0 radical (unpaired) electrons. The minimum atomic E-state index is -3.68. The molecular formula is C27H27N3O3S. The summed E-state index contributed by atoms with van der Waals surface area (Å²) in [4.78, 5) is 15.7. The first-order valence-electron chi connectivity index (χ1n) is 11.7. The van der Waals surface area contributed by atoms with Crippen LogP contribution in [0.4, 0.5) is 5.69 Å². The second-order valence-electron chi connectivity index (χ2n) is 8.78. The standard InChI is InChI=1S/C27H27N3O3S/c1-2-17-30(23-16-13-19-7-3-4-8-21(19)18-23)27(31)20-11-14-22(15-12-20)28-26-24-9-5-6-10-25(24)34(32,33)29-26/h3-12,14-15,23H,2,13,16-18H2,1H3,(H,28,29). The Labute approximate surface area is 200 Å². The number of anilines is 1. The summed E-state index contributed by atoms with van der Waals surface area (Å²) in [6.45, 7) is 2.81. The molecule has 174 valence electrons. The highest BCUT2D eigenvalue weighted by Gasteiger charge is 2.29. The van der Waals surface area contributed by atoms with Gasteiger partial charge in [0.2, 0.25) is 0 Å². The van der Waals surface area contributed by atoms with E-state index in [0.717, 1.165) is 32.2 Å². The molecule has 1 aliphatic heterocycles. The van der Waals surface area contributed by atoms with Crippen LogP contribution in [0, 0.1) is 0 Å². The van der Waals surface area contributed by atoms with Gasteiger partial charge in [0.25, 0.3) is 15.9 Å². The summed E-state index contributed by atoms with van der Waals surface area (Å²) < 4.78 is 28.4. The van der Waals surface area contributed by atoms with Crippen molar-refractivity contribution >= 4 is 27.5 Å². The van der Waals surface area contributed by atoms with E-state index >= 15 is 0 Å². The number of benzene rings is 3. The fraction of sp³-hybridized carbons (Fsp3) is 0.259. The summed E-state index contributed by atoms with van der Waals surface area (Å²) >= 11 is 0. The zero-order valence-corrected chi connectivity index (χ0v) is 19.9. The Morgan fingerprint density at radius 2 is 1.71 bits per heavy atom. The molecule has 34 heavy (non-hydrogen) atoms. The Morgan fingerprint density at radius 1 is 1.00 bits per heavy atom. The normalized spacial score (nSPS) is 17.9. The van der Waals surface area contributed by atoms with Gasteiger partial charge in [-0.05, 0) is 73.2 Å². The number of nitrogens with zero attached hydrogens (tertiary/aromatic N) is 2. The molecule has 3 aromatic carbocycles. The minimum absolute atomic E-state index is 0.0314. The van der Waals surface area contributed by atoms with Crippen LogP contribution in [0.15, 0.2) is 82.1 Å². The summed E-state index contributed by atoms with van der Waals surface area (Å²) in [6, 6.07) is 22.6. The lowest BCUT2D eigenvalue weighted by molar-refractivity contribution is 0.0661. The number of carbonyl (C=O) groups is 1. The van der Waals surface area contributed by atoms with Crippen molar-refractivity contribution in [3.63, 3.8) is 0 Å². The number of amidine groups is 1. The highest BCUT2D eigenvalue weighted by molar-refractivity contribution is 7.90. The van der Waals surface area contributed by atoms with Crippen molar-refractivity contribution in [1.29, 1.82) is 0 Å². The van der Waals surface area contributed by atoms with E-state index < -0.39 is 10.0 Å². The molecule has 5 rings (SSSR count). The second-order valence-corrected chi connectivity index (χ2v) is 10.3.